The number of ether oxygens (including phenoxy) is 1. The van der Waals surface area contributed by atoms with Crippen LogP contribution in [0.3, 0.4) is 0 Å². The minimum absolute atomic E-state index is 0.0915. The summed E-state index contributed by atoms with van der Waals surface area (Å²) >= 11 is 4.92. The van der Waals surface area contributed by atoms with E-state index in [9.17, 15) is 0 Å². The topological polar surface area (TPSA) is 68.4 Å². The second-order valence-electron chi connectivity index (χ2n) is 3.10. The van der Waals surface area contributed by atoms with Gasteiger partial charge in [0.2, 0.25) is 5.88 Å². The van der Waals surface area contributed by atoms with Crippen LogP contribution in [0.1, 0.15) is 17.5 Å². The van der Waals surface area contributed by atoms with E-state index in [1.807, 2.05) is 13.0 Å². The minimum atomic E-state index is 0.0915. The fourth-order valence-corrected chi connectivity index (χ4v) is 1.42. The Morgan fingerprint density at radius 3 is 3.00 bits per heavy atom. The van der Waals surface area contributed by atoms with Crippen molar-refractivity contribution in [2.45, 2.75) is 13.3 Å². The largest absolute Gasteiger partial charge is 0.477 e. The van der Waals surface area contributed by atoms with Gasteiger partial charge < -0.3 is 15.6 Å². The van der Waals surface area contributed by atoms with Gasteiger partial charge in [-0.05, 0) is 18.6 Å². The number of nitrogens with two attached hydrogens (primary N) is 1. The summed E-state index contributed by atoms with van der Waals surface area (Å²) < 4.78 is 5.38. The maximum absolute atomic E-state index is 8.63. The lowest BCUT2D eigenvalue weighted by Gasteiger charge is -2.10. The van der Waals surface area contributed by atoms with E-state index in [1.54, 1.807) is 6.20 Å². The summed E-state index contributed by atoms with van der Waals surface area (Å²) in [6.45, 7) is 2.39. The number of hydrogen-bond acceptors (Lipinski definition) is 4. The molecule has 82 valence electrons. The summed E-state index contributed by atoms with van der Waals surface area (Å²) in [5.41, 5.74) is 7.19. The Morgan fingerprint density at radius 2 is 2.40 bits per heavy atom. The molecule has 0 spiro atoms. The van der Waals surface area contributed by atoms with E-state index in [1.165, 1.54) is 0 Å². The van der Waals surface area contributed by atoms with Gasteiger partial charge in [-0.25, -0.2) is 4.98 Å². The third-order valence-corrected chi connectivity index (χ3v) is 2.12. The van der Waals surface area contributed by atoms with Crippen molar-refractivity contribution in [2.24, 2.45) is 5.73 Å². The summed E-state index contributed by atoms with van der Waals surface area (Å²) in [7, 11) is 0. The van der Waals surface area contributed by atoms with Crippen molar-refractivity contribution >= 4 is 17.2 Å². The van der Waals surface area contributed by atoms with Gasteiger partial charge in [0.05, 0.1) is 12.2 Å². The monoisotopic (exact) mass is 226 g/mol. The maximum Gasteiger partial charge on any atom is 0.223 e. The molecular formula is C10H14N2O2S. The van der Waals surface area contributed by atoms with E-state index in [0.29, 0.717) is 24.5 Å². The van der Waals surface area contributed by atoms with Crippen LogP contribution in [0.2, 0.25) is 0 Å². The highest BCUT2D eigenvalue weighted by molar-refractivity contribution is 7.80. The van der Waals surface area contributed by atoms with Crippen molar-refractivity contribution < 1.29 is 9.84 Å². The van der Waals surface area contributed by atoms with Crippen LogP contribution < -0.4 is 10.5 Å². The highest BCUT2D eigenvalue weighted by Crippen LogP contribution is 2.18. The first-order chi connectivity index (χ1) is 7.16. The molecule has 5 heteroatoms. The number of aliphatic hydroxyl groups is 1. The zero-order chi connectivity index (χ0) is 11.3. The van der Waals surface area contributed by atoms with Gasteiger partial charge in [0.15, 0.2) is 0 Å². The van der Waals surface area contributed by atoms with Gasteiger partial charge >= 0.3 is 0 Å². The highest BCUT2D eigenvalue weighted by atomic mass is 32.1. The summed E-state index contributed by atoms with van der Waals surface area (Å²) in [6, 6.07) is 1.83. The Morgan fingerprint density at radius 1 is 1.67 bits per heavy atom. The summed E-state index contributed by atoms with van der Waals surface area (Å²) in [6.07, 6.45) is 2.21. The number of rotatable bonds is 5. The lowest BCUT2D eigenvalue weighted by atomic mass is 10.1. The lowest BCUT2D eigenvalue weighted by Crippen LogP contribution is -2.15. The van der Waals surface area contributed by atoms with E-state index in [0.717, 1.165) is 5.56 Å². The van der Waals surface area contributed by atoms with Crippen LogP contribution in [0.25, 0.3) is 0 Å². The molecule has 0 unspecified atom stereocenters. The van der Waals surface area contributed by atoms with Crippen LogP contribution in [0.4, 0.5) is 0 Å². The van der Waals surface area contributed by atoms with Gasteiger partial charge in [0, 0.05) is 19.2 Å². The minimum Gasteiger partial charge on any atom is -0.477 e. The first-order valence-electron chi connectivity index (χ1n) is 4.66. The van der Waals surface area contributed by atoms with Crippen molar-refractivity contribution in [1.82, 2.24) is 4.98 Å². The molecule has 0 aliphatic heterocycles. The molecule has 0 aromatic carbocycles. The lowest BCUT2D eigenvalue weighted by molar-refractivity contribution is 0.229. The Labute approximate surface area is 94.1 Å². The Kier molecular flexibility index (Phi) is 4.45. The van der Waals surface area contributed by atoms with E-state index in [2.05, 4.69) is 4.98 Å². The Balaban J connectivity index is 2.86. The van der Waals surface area contributed by atoms with Gasteiger partial charge in [-0.1, -0.05) is 12.2 Å². The van der Waals surface area contributed by atoms with Crippen molar-refractivity contribution in [3.63, 3.8) is 0 Å². The summed E-state index contributed by atoms with van der Waals surface area (Å²) in [5, 5.41) is 8.63. The molecule has 3 N–H and O–H groups in total. The molecule has 0 amide bonds. The Hall–Kier alpha value is -1.20. The first-order valence-corrected chi connectivity index (χ1v) is 5.06. The van der Waals surface area contributed by atoms with E-state index < -0.39 is 0 Å². The number of aryl methyl sites for hydroxylation is 1. The molecule has 1 aromatic rings. The van der Waals surface area contributed by atoms with Crippen LogP contribution in [-0.4, -0.2) is 28.3 Å². The summed E-state index contributed by atoms with van der Waals surface area (Å²) in [5.74, 6) is 0.441. The second-order valence-corrected chi connectivity index (χ2v) is 3.54. The molecule has 4 nitrogen and oxygen atoms in total. The second kappa shape index (κ2) is 5.63. The number of pyridine rings is 1. The number of aliphatic hydroxyl groups excluding tert-OH is 1. The van der Waals surface area contributed by atoms with Gasteiger partial charge in [-0.2, -0.15) is 0 Å². The summed E-state index contributed by atoms with van der Waals surface area (Å²) in [4.78, 5) is 4.34. The van der Waals surface area contributed by atoms with Crippen LogP contribution in [0.15, 0.2) is 12.3 Å². The standard InChI is InChI=1S/C10H14N2O2S/c1-7-3-4-12-10(8(7)9(11)15)14-6-2-5-13/h3-4,13H,2,5-6H2,1H3,(H2,11,15). The Bertz CT molecular complexity index is 355. The average Bonchev–Trinajstić information content (AvgIpc) is 2.17. The maximum atomic E-state index is 8.63. The van der Waals surface area contributed by atoms with Gasteiger partial charge in [-0.15, -0.1) is 0 Å². The van der Waals surface area contributed by atoms with Crippen LogP contribution in [-0.2, 0) is 0 Å². The SMILES string of the molecule is Cc1ccnc(OCCCO)c1C(N)=S. The molecular weight excluding hydrogens is 212 g/mol. The fraction of sp³-hybridized carbons (Fsp3) is 0.400. The molecule has 0 aliphatic carbocycles. The van der Waals surface area contributed by atoms with E-state index in [-0.39, 0.29) is 11.6 Å². The molecule has 1 aromatic heterocycles. The van der Waals surface area contributed by atoms with Crippen molar-refractivity contribution in [1.29, 1.82) is 0 Å². The molecule has 0 aliphatic rings. The van der Waals surface area contributed by atoms with Crippen molar-refractivity contribution in [2.75, 3.05) is 13.2 Å². The molecule has 0 bridgehead atoms. The average molecular weight is 226 g/mol. The molecule has 1 heterocycles. The van der Waals surface area contributed by atoms with Crippen LogP contribution in [0, 0.1) is 6.92 Å². The van der Waals surface area contributed by atoms with Crippen LogP contribution >= 0.6 is 12.2 Å². The number of aromatic nitrogens is 1. The third-order valence-electron chi connectivity index (χ3n) is 1.91. The van der Waals surface area contributed by atoms with Gasteiger partial charge in [0.1, 0.15) is 4.99 Å². The fourth-order valence-electron chi connectivity index (χ4n) is 1.18. The van der Waals surface area contributed by atoms with Crippen LogP contribution in [0.5, 0.6) is 5.88 Å². The molecule has 0 radical (unpaired) electrons. The van der Waals surface area contributed by atoms with Crippen molar-refractivity contribution in [3.8, 4) is 5.88 Å². The molecule has 0 atom stereocenters. The molecule has 0 saturated carbocycles. The van der Waals surface area contributed by atoms with Gasteiger partial charge in [-0.3, -0.25) is 0 Å². The predicted molar refractivity (Wildman–Crippen MR) is 62.1 cm³/mol. The predicted octanol–water partition coefficient (Wildman–Crippen LogP) is 0.785. The van der Waals surface area contributed by atoms with Crippen molar-refractivity contribution in [3.05, 3.63) is 23.4 Å². The quantitative estimate of drug-likeness (QED) is 0.574. The molecule has 0 fully saturated rings. The van der Waals surface area contributed by atoms with Gasteiger partial charge in [0.25, 0.3) is 0 Å². The number of thiocarbonyl (C=S) groups is 1. The zero-order valence-corrected chi connectivity index (χ0v) is 9.38. The zero-order valence-electron chi connectivity index (χ0n) is 8.56. The highest BCUT2D eigenvalue weighted by Gasteiger charge is 2.10. The van der Waals surface area contributed by atoms with E-state index >= 15 is 0 Å². The third kappa shape index (κ3) is 3.14. The molecule has 0 saturated heterocycles. The number of nitrogens with zero attached hydrogens (tertiary/aromatic N) is 1. The normalized spacial score (nSPS) is 10.0. The number of hydrogen-bond donors (Lipinski definition) is 2. The van der Waals surface area contributed by atoms with E-state index in [4.69, 9.17) is 27.8 Å². The first kappa shape index (κ1) is 11.9. The smallest absolute Gasteiger partial charge is 0.223 e. The molecule has 1 rings (SSSR count). The molecule has 15 heavy (non-hydrogen) atoms.